The van der Waals surface area contributed by atoms with Crippen LogP contribution in [-0.4, -0.2) is 10.9 Å². The van der Waals surface area contributed by atoms with Crippen molar-refractivity contribution in [2.75, 3.05) is 5.32 Å². The van der Waals surface area contributed by atoms with Crippen molar-refractivity contribution in [1.29, 1.82) is 0 Å². The van der Waals surface area contributed by atoms with Crippen LogP contribution in [-0.2, 0) is 11.2 Å². The van der Waals surface area contributed by atoms with Gasteiger partial charge in [0, 0.05) is 27.7 Å². The van der Waals surface area contributed by atoms with Gasteiger partial charge in [-0.1, -0.05) is 6.92 Å². The molecule has 0 bridgehead atoms. The lowest BCUT2D eigenvalue weighted by Gasteiger charge is -1.95. The molecule has 1 amide bonds. The first-order valence-corrected chi connectivity index (χ1v) is 7.07. The molecule has 0 unspecified atom stereocenters. The van der Waals surface area contributed by atoms with E-state index in [0.29, 0.717) is 5.57 Å². The van der Waals surface area contributed by atoms with Crippen LogP contribution in [0.4, 0.5) is 5.69 Å². The Morgan fingerprint density at radius 2 is 2.32 bits per heavy atom. The Morgan fingerprint density at radius 3 is 3.05 bits per heavy atom. The second-order valence-corrected chi connectivity index (χ2v) is 5.71. The molecule has 0 spiro atoms. The number of nitrogens with one attached hydrogen (secondary N) is 1. The third-order valence-corrected chi connectivity index (χ3v) is 4.58. The zero-order valence-electron chi connectivity index (χ0n) is 10.9. The summed E-state index contributed by atoms with van der Waals surface area (Å²) in [4.78, 5) is 18.6. The van der Waals surface area contributed by atoms with E-state index in [1.54, 1.807) is 23.7 Å². The lowest BCUT2D eigenvalue weighted by Crippen LogP contribution is -2.03. The number of aromatic nitrogens is 1. The molecule has 2 aromatic rings. The largest absolute Gasteiger partial charge is 0.321 e. The van der Waals surface area contributed by atoms with Crippen molar-refractivity contribution >= 4 is 34.6 Å². The zero-order valence-corrected chi connectivity index (χ0v) is 11.7. The number of hydrogen-bond donors (Lipinski definition) is 1. The number of carbonyl (C=O) groups is 1. The van der Waals surface area contributed by atoms with Crippen molar-refractivity contribution in [3.05, 3.63) is 45.4 Å². The Labute approximate surface area is 116 Å². The van der Waals surface area contributed by atoms with Gasteiger partial charge in [0.1, 0.15) is 0 Å². The maximum atomic E-state index is 12.0. The molecule has 19 heavy (non-hydrogen) atoms. The number of hydrogen-bond acceptors (Lipinski definition) is 3. The van der Waals surface area contributed by atoms with Gasteiger partial charge in [-0.25, -0.2) is 0 Å². The molecule has 0 radical (unpaired) electrons. The summed E-state index contributed by atoms with van der Waals surface area (Å²) in [6.45, 7) is 4.26. The lowest BCUT2D eigenvalue weighted by atomic mass is 10.1. The van der Waals surface area contributed by atoms with Crippen LogP contribution >= 0.6 is 11.3 Å². The molecule has 2 aromatic heterocycles. The third kappa shape index (κ3) is 2.08. The molecule has 96 valence electrons. The monoisotopic (exact) mass is 270 g/mol. The van der Waals surface area contributed by atoms with Gasteiger partial charge in [-0.2, -0.15) is 0 Å². The number of pyridine rings is 1. The van der Waals surface area contributed by atoms with Gasteiger partial charge in [0.2, 0.25) is 0 Å². The fourth-order valence-corrected chi connectivity index (χ4v) is 3.35. The van der Waals surface area contributed by atoms with Crippen molar-refractivity contribution in [1.82, 2.24) is 4.98 Å². The predicted molar refractivity (Wildman–Crippen MR) is 79.2 cm³/mol. The van der Waals surface area contributed by atoms with Gasteiger partial charge >= 0.3 is 0 Å². The SMILES string of the molecule is CCc1sc(C=C2C(=O)Nc3ccncc32)cc1C. The Hall–Kier alpha value is -1.94. The maximum absolute atomic E-state index is 12.0. The summed E-state index contributed by atoms with van der Waals surface area (Å²) >= 11 is 1.75. The van der Waals surface area contributed by atoms with E-state index in [2.05, 4.69) is 30.2 Å². The molecule has 0 saturated heterocycles. The molecule has 0 aromatic carbocycles. The van der Waals surface area contributed by atoms with Crippen molar-refractivity contribution in [2.45, 2.75) is 20.3 Å². The van der Waals surface area contributed by atoms with Gasteiger partial charge in [-0.3, -0.25) is 9.78 Å². The van der Waals surface area contributed by atoms with Crippen LogP contribution < -0.4 is 5.32 Å². The molecule has 4 heteroatoms. The summed E-state index contributed by atoms with van der Waals surface area (Å²) in [6.07, 6.45) is 6.41. The fraction of sp³-hybridized carbons (Fsp3) is 0.200. The number of amides is 1. The van der Waals surface area contributed by atoms with Crippen molar-refractivity contribution < 1.29 is 4.79 Å². The molecule has 0 aliphatic carbocycles. The minimum atomic E-state index is -0.0490. The molecule has 0 atom stereocenters. The van der Waals surface area contributed by atoms with Crippen LogP contribution in [0.25, 0.3) is 11.6 Å². The molecule has 0 saturated carbocycles. The van der Waals surface area contributed by atoms with Gasteiger partial charge in [-0.15, -0.1) is 11.3 Å². The molecule has 3 rings (SSSR count). The van der Waals surface area contributed by atoms with E-state index in [1.807, 2.05) is 12.1 Å². The number of thiophene rings is 1. The van der Waals surface area contributed by atoms with Crippen LogP contribution in [0.5, 0.6) is 0 Å². The maximum Gasteiger partial charge on any atom is 0.256 e. The summed E-state index contributed by atoms with van der Waals surface area (Å²) in [5, 5.41) is 2.86. The number of nitrogens with zero attached hydrogens (tertiary/aromatic N) is 1. The van der Waals surface area contributed by atoms with E-state index >= 15 is 0 Å². The molecular formula is C15H14N2OS. The molecular weight excluding hydrogens is 256 g/mol. The highest BCUT2D eigenvalue weighted by Crippen LogP contribution is 2.34. The van der Waals surface area contributed by atoms with E-state index in [9.17, 15) is 4.79 Å². The number of rotatable bonds is 2. The lowest BCUT2D eigenvalue weighted by molar-refractivity contribution is -0.110. The van der Waals surface area contributed by atoms with Gasteiger partial charge < -0.3 is 5.32 Å². The standard InChI is InChI=1S/C15H14N2OS/c1-3-14-9(2)6-10(19-14)7-11-12-8-16-5-4-13(12)17-15(11)18/h4-8H,3H2,1-2H3,(H,17,18). The Morgan fingerprint density at radius 1 is 1.47 bits per heavy atom. The second-order valence-electron chi connectivity index (χ2n) is 4.54. The zero-order chi connectivity index (χ0) is 13.4. The molecule has 3 nitrogen and oxygen atoms in total. The summed E-state index contributed by atoms with van der Waals surface area (Å²) in [7, 11) is 0. The van der Waals surface area contributed by atoms with Gasteiger partial charge in [-0.05, 0) is 37.1 Å². The summed E-state index contributed by atoms with van der Waals surface area (Å²) < 4.78 is 0. The highest BCUT2D eigenvalue weighted by molar-refractivity contribution is 7.13. The normalized spacial score (nSPS) is 15.7. The van der Waals surface area contributed by atoms with Crippen molar-refractivity contribution in [2.24, 2.45) is 0 Å². The van der Waals surface area contributed by atoms with E-state index in [4.69, 9.17) is 0 Å². The highest BCUT2D eigenvalue weighted by Gasteiger charge is 2.24. The first-order valence-electron chi connectivity index (χ1n) is 6.25. The summed E-state index contributed by atoms with van der Waals surface area (Å²) in [5.41, 5.74) is 3.73. The third-order valence-electron chi connectivity index (χ3n) is 3.25. The average molecular weight is 270 g/mol. The van der Waals surface area contributed by atoms with Crippen molar-refractivity contribution in [3.63, 3.8) is 0 Å². The Kier molecular flexibility index (Phi) is 2.95. The minimum Gasteiger partial charge on any atom is -0.321 e. The molecule has 1 N–H and O–H groups in total. The molecule has 0 fully saturated rings. The Balaban J connectivity index is 2.06. The van der Waals surface area contributed by atoms with Crippen LogP contribution in [0.2, 0.25) is 0 Å². The van der Waals surface area contributed by atoms with Gasteiger partial charge in [0.15, 0.2) is 0 Å². The summed E-state index contributed by atoms with van der Waals surface area (Å²) in [5.74, 6) is -0.0490. The van der Waals surface area contributed by atoms with E-state index in [0.717, 1.165) is 22.5 Å². The predicted octanol–water partition coefficient (Wildman–Crippen LogP) is 3.51. The molecule has 1 aliphatic heterocycles. The fourth-order valence-electron chi connectivity index (χ4n) is 2.28. The molecule has 1 aliphatic rings. The van der Waals surface area contributed by atoms with Gasteiger partial charge in [0.25, 0.3) is 5.91 Å². The Bertz CT molecular complexity index is 685. The first-order chi connectivity index (χ1) is 9.19. The van der Waals surface area contributed by atoms with Crippen molar-refractivity contribution in [3.8, 4) is 0 Å². The van der Waals surface area contributed by atoms with E-state index in [1.165, 1.54) is 10.4 Å². The van der Waals surface area contributed by atoms with E-state index in [-0.39, 0.29) is 5.91 Å². The first kappa shape index (κ1) is 12.1. The highest BCUT2D eigenvalue weighted by atomic mass is 32.1. The summed E-state index contributed by atoms with van der Waals surface area (Å²) in [6, 6.07) is 3.96. The number of carbonyl (C=O) groups excluding carboxylic acids is 1. The number of anilines is 1. The van der Waals surface area contributed by atoms with Gasteiger partial charge in [0.05, 0.1) is 11.3 Å². The number of fused-ring (bicyclic) bond motifs is 1. The smallest absolute Gasteiger partial charge is 0.256 e. The average Bonchev–Trinajstić information content (AvgIpc) is 2.91. The van der Waals surface area contributed by atoms with Crippen LogP contribution in [0.1, 0.15) is 27.8 Å². The van der Waals surface area contributed by atoms with Crippen LogP contribution in [0.3, 0.4) is 0 Å². The number of aryl methyl sites for hydroxylation is 2. The van der Waals surface area contributed by atoms with E-state index < -0.39 is 0 Å². The topological polar surface area (TPSA) is 42.0 Å². The quantitative estimate of drug-likeness (QED) is 0.848. The van der Waals surface area contributed by atoms with Crippen LogP contribution in [0.15, 0.2) is 24.5 Å². The second kappa shape index (κ2) is 4.63. The molecule has 3 heterocycles. The minimum absolute atomic E-state index is 0.0490. The van der Waals surface area contributed by atoms with Crippen LogP contribution in [0, 0.1) is 6.92 Å².